The van der Waals surface area contributed by atoms with Crippen molar-refractivity contribution in [3.05, 3.63) is 29.8 Å². The molecule has 0 spiro atoms. The molecule has 0 heterocycles. The van der Waals surface area contributed by atoms with Gasteiger partial charge in [0.1, 0.15) is 11.9 Å². The first-order valence-electron chi connectivity index (χ1n) is 5.27. The minimum absolute atomic E-state index is 0.165. The average Bonchev–Trinajstić information content (AvgIpc) is 2.22. The highest BCUT2D eigenvalue weighted by atomic mass is 16.5. The van der Waals surface area contributed by atoms with E-state index in [1.165, 1.54) is 0 Å². The zero-order valence-corrected chi connectivity index (χ0v) is 9.36. The highest BCUT2D eigenvalue weighted by molar-refractivity contribution is 5.27. The van der Waals surface area contributed by atoms with Crippen molar-refractivity contribution in [1.82, 2.24) is 5.32 Å². The van der Waals surface area contributed by atoms with Crippen LogP contribution in [0.5, 0.6) is 5.75 Å². The van der Waals surface area contributed by atoms with Gasteiger partial charge in [-0.1, -0.05) is 12.1 Å². The van der Waals surface area contributed by atoms with Gasteiger partial charge in [0.25, 0.3) is 0 Å². The van der Waals surface area contributed by atoms with Crippen LogP contribution in [0.25, 0.3) is 0 Å². The maximum atomic E-state index is 8.76. The van der Waals surface area contributed by atoms with Gasteiger partial charge in [-0.25, -0.2) is 0 Å². The standard InChI is InChI=1S/C12H19NO2/c1-10(9-13-2)15-12-5-3-11(4-6-12)7-8-14/h3-6,10,13-14H,7-9H2,1-2H3. The van der Waals surface area contributed by atoms with E-state index in [0.29, 0.717) is 6.42 Å². The molecular weight excluding hydrogens is 190 g/mol. The van der Waals surface area contributed by atoms with Crippen molar-refractivity contribution in [2.75, 3.05) is 20.2 Å². The molecule has 0 saturated carbocycles. The summed E-state index contributed by atoms with van der Waals surface area (Å²) in [5, 5.41) is 11.8. The summed E-state index contributed by atoms with van der Waals surface area (Å²) in [6, 6.07) is 7.85. The van der Waals surface area contributed by atoms with E-state index >= 15 is 0 Å². The molecule has 2 N–H and O–H groups in total. The van der Waals surface area contributed by atoms with Gasteiger partial charge in [0, 0.05) is 13.2 Å². The quantitative estimate of drug-likeness (QED) is 0.740. The summed E-state index contributed by atoms with van der Waals surface area (Å²) in [7, 11) is 1.91. The van der Waals surface area contributed by atoms with Crippen molar-refractivity contribution < 1.29 is 9.84 Å². The molecular formula is C12H19NO2. The number of nitrogens with one attached hydrogen (secondary N) is 1. The number of ether oxygens (including phenoxy) is 1. The molecule has 1 atom stereocenters. The molecule has 0 aliphatic rings. The van der Waals surface area contributed by atoms with Crippen LogP contribution in [0.15, 0.2) is 24.3 Å². The van der Waals surface area contributed by atoms with Crippen molar-refractivity contribution in [2.24, 2.45) is 0 Å². The number of hydrogen-bond acceptors (Lipinski definition) is 3. The first-order chi connectivity index (χ1) is 7.26. The lowest BCUT2D eigenvalue weighted by Crippen LogP contribution is -2.25. The normalized spacial score (nSPS) is 12.5. The van der Waals surface area contributed by atoms with Gasteiger partial charge in [0.15, 0.2) is 0 Å². The van der Waals surface area contributed by atoms with Crippen LogP contribution >= 0.6 is 0 Å². The molecule has 0 aliphatic heterocycles. The van der Waals surface area contributed by atoms with Crippen LogP contribution in [0.2, 0.25) is 0 Å². The maximum absolute atomic E-state index is 8.76. The highest BCUT2D eigenvalue weighted by Crippen LogP contribution is 2.13. The third-order valence-corrected chi connectivity index (χ3v) is 2.15. The molecule has 0 radical (unpaired) electrons. The summed E-state index contributed by atoms with van der Waals surface area (Å²) >= 11 is 0. The first kappa shape index (κ1) is 12.0. The minimum atomic E-state index is 0.165. The maximum Gasteiger partial charge on any atom is 0.119 e. The van der Waals surface area contributed by atoms with Crippen molar-refractivity contribution in [3.63, 3.8) is 0 Å². The van der Waals surface area contributed by atoms with Crippen molar-refractivity contribution in [2.45, 2.75) is 19.4 Å². The van der Waals surface area contributed by atoms with Crippen molar-refractivity contribution in [3.8, 4) is 5.75 Å². The van der Waals surface area contributed by atoms with E-state index in [-0.39, 0.29) is 12.7 Å². The number of likely N-dealkylation sites (N-methyl/N-ethyl adjacent to an activating group) is 1. The van der Waals surface area contributed by atoms with Crippen LogP contribution in [0.1, 0.15) is 12.5 Å². The second kappa shape index (κ2) is 6.43. The Hall–Kier alpha value is -1.06. The average molecular weight is 209 g/mol. The first-order valence-corrected chi connectivity index (χ1v) is 5.27. The molecule has 1 aromatic carbocycles. The minimum Gasteiger partial charge on any atom is -0.489 e. The Morgan fingerprint density at radius 3 is 2.53 bits per heavy atom. The van der Waals surface area contributed by atoms with E-state index in [2.05, 4.69) is 5.32 Å². The molecule has 0 aliphatic carbocycles. The topological polar surface area (TPSA) is 41.5 Å². The molecule has 3 nitrogen and oxygen atoms in total. The summed E-state index contributed by atoms with van der Waals surface area (Å²) in [4.78, 5) is 0. The molecule has 1 rings (SSSR count). The zero-order chi connectivity index (χ0) is 11.1. The van der Waals surface area contributed by atoms with Crippen LogP contribution in [-0.4, -0.2) is 31.4 Å². The highest BCUT2D eigenvalue weighted by Gasteiger charge is 2.01. The number of aliphatic hydroxyl groups is 1. The smallest absolute Gasteiger partial charge is 0.119 e. The SMILES string of the molecule is CNCC(C)Oc1ccc(CCO)cc1. The molecule has 1 aromatic rings. The largest absolute Gasteiger partial charge is 0.489 e. The molecule has 0 amide bonds. The Balaban J connectivity index is 2.48. The summed E-state index contributed by atoms with van der Waals surface area (Å²) in [5.74, 6) is 0.874. The van der Waals surface area contributed by atoms with Crippen LogP contribution in [0.4, 0.5) is 0 Å². The van der Waals surface area contributed by atoms with Gasteiger partial charge in [-0.15, -0.1) is 0 Å². The third-order valence-electron chi connectivity index (χ3n) is 2.15. The van der Waals surface area contributed by atoms with Gasteiger partial charge in [-0.3, -0.25) is 0 Å². The van der Waals surface area contributed by atoms with E-state index in [4.69, 9.17) is 9.84 Å². The van der Waals surface area contributed by atoms with Gasteiger partial charge >= 0.3 is 0 Å². The van der Waals surface area contributed by atoms with Crippen LogP contribution in [-0.2, 0) is 6.42 Å². The fourth-order valence-electron chi connectivity index (χ4n) is 1.43. The number of benzene rings is 1. The Kier molecular flexibility index (Phi) is 5.15. The Morgan fingerprint density at radius 2 is 2.00 bits per heavy atom. The van der Waals surface area contributed by atoms with Crippen LogP contribution in [0, 0.1) is 0 Å². The molecule has 0 fully saturated rings. The van der Waals surface area contributed by atoms with E-state index < -0.39 is 0 Å². The summed E-state index contributed by atoms with van der Waals surface area (Å²) in [6.45, 7) is 3.05. The van der Waals surface area contributed by atoms with E-state index in [0.717, 1.165) is 17.9 Å². The Bertz CT molecular complexity index is 271. The van der Waals surface area contributed by atoms with Gasteiger partial charge in [-0.05, 0) is 38.1 Å². The van der Waals surface area contributed by atoms with Gasteiger partial charge in [0.05, 0.1) is 0 Å². The van der Waals surface area contributed by atoms with Gasteiger partial charge in [0.2, 0.25) is 0 Å². The van der Waals surface area contributed by atoms with E-state index in [1.54, 1.807) is 0 Å². The predicted octanol–water partition coefficient (Wildman–Crippen LogP) is 1.21. The second-order valence-corrected chi connectivity index (χ2v) is 3.60. The van der Waals surface area contributed by atoms with Gasteiger partial charge < -0.3 is 15.2 Å². The summed E-state index contributed by atoms with van der Waals surface area (Å²) in [6.07, 6.45) is 0.866. The molecule has 15 heavy (non-hydrogen) atoms. The fourth-order valence-corrected chi connectivity index (χ4v) is 1.43. The summed E-state index contributed by atoms with van der Waals surface area (Å²) < 4.78 is 5.66. The fraction of sp³-hybridized carbons (Fsp3) is 0.500. The predicted molar refractivity (Wildman–Crippen MR) is 61.2 cm³/mol. The van der Waals surface area contributed by atoms with Crippen LogP contribution in [0.3, 0.4) is 0 Å². The molecule has 3 heteroatoms. The van der Waals surface area contributed by atoms with Crippen molar-refractivity contribution in [1.29, 1.82) is 0 Å². The monoisotopic (exact) mass is 209 g/mol. The zero-order valence-electron chi connectivity index (χ0n) is 9.36. The Morgan fingerprint density at radius 1 is 1.33 bits per heavy atom. The number of rotatable bonds is 6. The summed E-state index contributed by atoms with van der Waals surface area (Å²) in [5.41, 5.74) is 1.13. The lowest BCUT2D eigenvalue weighted by atomic mass is 10.1. The molecule has 0 bridgehead atoms. The second-order valence-electron chi connectivity index (χ2n) is 3.60. The van der Waals surface area contributed by atoms with Gasteiger partial charge in [-0.2, -0.15) is 0 Å². The molecule has 0 saturated heterocycles. The molecule has 0 aromatic heterocycles. The third kappa shape index (κ3) is 4.32. The van der Waals surface area contributed by atoms with Crippen molar-refractivity contribution >= 4 is 0 Å². The molecule has 1 unspecified atom stereocenters. The van der Waals surface area contributed by atoms with E-state index in [9.17, 15) is 0 Å². The number of hydrogen-bond donors (Lipinski definition) is 2. The lowest BCUT2D eigenvalue weighted by Gasteiger charge is -2.14. The Labute approximate surface area is 91.1 Å². The van der Waals surface area contributed by atoms with Crippen LogP contribution < -0.4 is 10.1 Å². The molecule has 84 valence electrons. The lowest BCUT2D eigenvalue weighted by molar-refractivity contribution is 0.220. The van der Waals surface area contributed by atoms with E-state index in [1.807, 2.05) is 38.2 Å². The number of aliphatic hydroxyl groups excluding tert-OH is 1.